The number of benzene rings is 1. The van der Waals surface area contributed by atoms with Crippen LogP contribution in [0.3, 0.4) is 0 Å². The third-order valence-corrected chi connectivity index (χ3v) is 3.02. The van der Waals surface area contributed by atoms with E-state index in [1.807, 2.05) is 26.1 Å². The van der Waals surface area contributed by atoms with Crippen molar-refractivity contribution in [1.82, 2.24) is 10.6 Å². The molecule has 0 radical (unpaired) electrons. The molecule has 0 aromatic heterocycles. The Hall–Kier alpha value is -1.00. The summed E-state index contributed by atoms with van der Waals surface area (Å²) in [6, 6.07) is 8.24. The van der Waals surface area contributed by atoms with Crippen molar-refractivity contribution in [3.8, 4) is 0 Å². The van der Waals surface area contributed by atoms with Gasteiger partial charge in [0.1, 0.15) is 0 Å². The Labute approximate surface area is 101 Å². The Bertz CT molecular complexity index is 342. The lowest BCUT2D eigenvalue weighted by Crippen LogP contribution is -2.24. The lowest BCUT2D eigenvalue weighted by atomic mass is 10.2. The first-order valence-corrected chi connectivity index (χ1v) is 6.38. The second-order valence-electron chi connectivity index (χ2n) is 3.42. The van der Waals surface area contributed by atoms with Crippen LogP contribution in [0.1, 0.15) is 12.5 Å². The number of amides is 1. The molecular weight excluding hydrogens is 220 g/mol. The molecular formula is C12H18N2OS. The highest BCUT2D eigenvalue weighted by atomic mass is 32.2. The van der Waals surface area contributed by atoms with Gasteiger partial charge in [0, 0.05) is 18.0 Å². The minimum Gasteiger partial charge on any atom is -0.356 e. The van der Waals surface area contributed by atoms with Gasteiger partial charge >= 0.3 is 0 Å². The molecule has 0 unspecified atom stereocenters. The van der Waals surface area contributed by atoms with Crippen molar-refractivity contribution in [3.05, 3.63) is 29.8 Å². The van der Waals surface area contributed by atoms with Crippen LogP contribution in [0.5, 0.6) is 0 Å². The van der Waals surface area contributed by atoms with Gasteiger partial charge < -0.3 is 10.6 Å². The Morgan fingerprint density at radius 2 is 2.25 bits per heavy atom. The molecule has 0 fully saturated rings. The standard InChI is InChI=1S/C12H18N2OS/c1-3-14-12(15)9-16-11-6-4-5-10(7-11)8-13-2/h4-7,13H,3,8-9H2,1-2H3,(H,14,15). The van der Waals surface area contributed by atoms with E-state index in [1.54, 1.807) is 11.8 Å². The summed E-state index contributed by atoms with van der Waals surface area (Å²) in [6.45, 7) is 3.48. The predicted molar refractivity (Wildman–Crippen MR) is 68.6 cm³/mol. The van der Waals surface area contributed by atoms with Crippen molar-refractivity contribution in [2.75, 3.05) is 19.3 Å². The van der Waals surface area contributed by atoms with Crippen LogP contribution in [-0.4, -0.2) is 25.3 Å². The molecule has 16 heavy (non-hydrogen) atoms. The van der Waals surface area contributed by atoms with E-state index < -0.39 is 0 Å². The molecule has 0 atom stereocenters. The lowest BCUT2D eigenvalue weighted by molar-refractivity contribution is -0.118. The van der Waals surface area contributed by atoms with Crippen LogP contribution in [0.15, 0.2) is 29.2 Å². The molecule has 0 bridgehead atoms. The third kappa shape index (κ3) is 4.68. The largest absolute Gasteiger partial charge is 0.356 e. The monoisotopic (exact) mass is 238 g/mol. The number of thioether (sulfide) groups is 1. The molecule has 0 spiro atoms. The fraction of sp³-hybridized carbons (Fsp3) is 0.417. The van der Waals surface area contributed by atoms with Crippen molar-refractivity contribution < 1.29 is 4.79 Å². The molecule has 1 amide bonds. The van der Waals surface area contributed by atoms with Crippen LogP contribution in [0.25, 0.3) is 0 Å². The SMILES string of the molecule is CCNC(=O)CSc1cccc(CNC)c1. The number of nitrogens with one attached hydrogen (secondary N) is 2. The molecule has 1 aromatic rings. The summed E-state index contributed by atoms with van der Waals surface area (Å²) in [5, 5.41) is 5.89. The third-order valence-electron chi connectivity index (χ3n) is 2.02. The molecule has 0 saturated carbocycles. The van der Waals surface area contributed by atoms with Crippen molar-refractivity contribution in [2.45, 2.75) is 18.4 Å². The molecule has 0 aliphatic carbocycles. The molecule has 3 nitrogen and oxygen atoms in total. The number of rotatable bonds is 6. The van der Waals surface area contributed by atoms with E-state index >= 15 is 0 Å². The first kappa shape index (κ1) is 13.1. The van der Waals surface area contributed by atoms with Gasteiger partial charge in [0.05, 0.1) is 5.75 Å². The molecule has 0 aliphatic rings. The maximum absolute atomic E-state index is 11.3. The number of carbonyl (C=O) groups is 1. The van der Waals surface area contributed by atoms with Crippen molar-refractivity contribution >= 4 is 17.7 Å². The fourth-order valence-electron chi connectivity index (χ4n) is 1.35. The van der Waals surface area contributed by atoms with E-state index in [-0.39, 0.29) is 5.91 Å². The quantitative estimate of drug-likeness (QED) is 0.740. The Morgan fingerprint density at radius 1 is 1.44 bits per heavy atom. The number of hydrogen-bond acceptors (Lipinski definition) is 3. The number of hydrogen-bond donors (Lipinski definition) is 2. The maximum Gasteiger partial charge on any atom is 0.230 e. The van der Waals surface area contributed by atoms with Gasteiger partial charge in [0.15, 0.2) is 0 Å². The zero-order valence-corrected chi connectivity index (χ0v) is 10.6. The Kier molecular flexibility index (Phi) is 5.96. The van der Waals surface area contributed by atoms with E-state index in [2.05, 4.69) is 22.8 Å². The topological polar surface area (TPSA) is 41.1 Å². The molecule has 88 valence electrons. The Balaban J connectivity index is 2.47. The highest BCUT2D eigenvalue weighted by molar-refractivity contribution is 8.00. The van der Waals surface area contributed by atoms with E-state index in [9.17, 15) is 4.79 Å². The fourth-order valence-corrected chi connectivity index (χ4v) is 2.16. The summed E-state index contributed by atoms with van der Waals surface area (Å²) in [4.78, 5) is 12.4. The molecule has 0 heterocycles. The smallest absolute Gasteiger partial charge is 0.230 e. The highest BCUT2D eigenvalue weighted by Crippen LogP contribution is 2.18. The second kappa shape index (κ2) is 7.30. The van der Waals surface area contributed by atoms with Crippen molar-refractivity contribution in [3.63, 3.8) is 0 Å². The minimum absolute atomic E-state index is 0.0894. The van der Waals surface area contributed by atoms with E-state index in [0.29, 0.717) is 12.3 Å². The first-order valence-electron chi connectivity index (χ1n) is 5.39. The number of carbonyl (C=O) groups excluding carboxylic acids is 1. The van der Waals surface area contributed by atoms with Gasteiger partial charge in [-0.05, 0) is 31.7 Å². The van der Waals surface area contributed by atoms with Gasteiger partial charge in [-0.25, -0.2) is 0 Å². The van der Waals surface area contributed by atoms with Gasteiger partial charge in [-0.2, -0.15) is 0 Å². The average Bonchev–Trinajstić information content (AvgIpc) is 2.28. The lowest BCUT2D eigenvalue weighted by Gasteiger charge is -2.05. The average molecular weight is 238 g/mol. The molecule has 0 saturated heterocycles. The molecule has 2 N–H and O–H groups in total. The zero-order valence-electron chi connectivity index (χ0n) is 9.75. The van der Waals surface area contributed by atoms with E-state index in [4.69, 9.17) is 0 Å². The first-order chi connectivity index (χ1) is 7.76. The summed E-state index contributed by atoms with van der Waals surface area (Å²) in [7, 11) is 1.93. The van der Waals surface area contributed by atoms with Crippen LogP contribution in [0.4, 0.5) is 0 Å². The normalized spacial score (nSPS) is 10.1. The van der Waals surface area contributed by atoms with Crippen molar-refractivity contribution in [2.24, 2.45) is 0 Å². The zero-order chi connectivity index (χ0) is 11.8. The maximum atomic E-state index is 11.3. The van der Waals surface area contributed by atoms with Gasteiger partial charge in [0.25, 0.3) is 0 Å². The van der Waals surface area contributed by atoms with E-state index in [0.717, 1.165) is 11.4 Å². The Morgan fingerprint density at radius 3 is 2.94 bits per heavy atom. The summed E-state index contributed by atoms with van der Waals surface area (Å²) >= 11 is 1.57. The van der Waals surface area contributed by atoms with Gasteiger partial charge in [0.2, 0.25) is 5.91 Å². The highest BCUT2D eigenvalue weighted by Gasteiger charge is 2.01. The van der Waals surface area contributed by atoms with Crippen molar-refractivity contribution in [1.29, 1.82) is 0 Å². The minimum atomic E-state index is 0.0894. The van der Waals surface area contributed by atoms with E-state index in [1.165, 1.54) is 5.56 Å². The van der Waals surface area contributed by atoms with Crippen LogP contribution in [0, 0.1) is 0 Å². The predicted octanol–water partition coefficient (Wildman–Crippen LogP) is 1.63. The molecule has 4 heteroatoms. The van der Waals surface area contributed by atoms with Gasteiger partial charge in [-0.1, -0.05) is 12.1 Å². The van der Waals surface area contributed by atoms with Gasteiger partial charge in [-0.3, -0.25) is 4.79 Å². The summed E-state index contributed by atoms with van der Waals surface area (Å²) in [6.07, 6.45) is 0. The van der Waals surface area contributed by atoms with Crippen LogP contribution in [0.2, 0.25) is 0 Å². The van der Waals surface area contributed by atoms with Gasteiger partial charge in [-0.15, -0.1) is 11.8 Å². The molecule has 0 aliphatic heterocycles. The van der Waals surface area contributed by atoms with Crippen LogP contribution < -0.4 is 10.6 Å². The summed E-state index contributed by atoms with van der Waals surface area (Å²) in [5.41, 5.74) is 1.24. The van der Waals surface area contributed by atoms with Crippen LogP contribution in [-0.2, 0) is 11.3 Å². The van der Waals surface area contributed by atoms with Crippen LogP contribution >= 0.6 is 11.8 Å². The second-order valence-corrected chi connectivity index (χ2v) is 4.47. The molecule has 1 aromatic carbocycles. The summed E-state index contributed by atoms with van der Waals surface area (Å²) < 4.78 is 0. The molecule has 1 rings (SSSR count). The summed E-state index contributed by atoms with van der Waals surface area (Å²) in [5.74, 6) is 0.572.